The van der Waals surface area contributed by atoms with Crippen LogP contribution in [0.5, 0.6) is 0 Å². The lowest BCUT2D eigenvalue weighted by Crippen LogP contribution is -2.37. The van der Waals surface area contributed by atoms with Gasteiger partial charge in [-0.3, -0.25) is 0 Å². The van der Waals surface area contributed by atoms with Crippen LogP contribution in [0.4, 0.5) is 0 Å². The van der Waals surface area contributed by atoms with Crippen molar-refractivity contribution in [1.82, 2.24) is 14.3 Å². The Morgan fingerprint density at radius 3 is 2.00 bits per heavy atom. The van der Waals surface area contributed by atoms with E-state index in [9.17, 15) is 16.8 Å². The molecule has 0 aromatic heterocycles. The van der Waals surface area contributed by atoms with Crippen molar-refractivity contribution < 1.29 is 16.8 Å². The van der Waals surface area contributed by atoms with Gasteiger partial charge >= 0.3 is 0 Å². The van der Waals surface area contributed by atoms with Crippen LogP contribution in [0.25, 0.3) is 0 Å². The summed E-state index contributed by atoms with van der Waals surface area (Å²) in [6, 6.07) is 5.37. The summed E-state index contributed by atoms with van der Waals surface area (Å²) in [5.41, 5.74) is 0. The van der Waals surface area contributed by atoms with Gasteiger partial charge in [0, 0.05) is 19.1 Å². The molecule has 0 radical (unpaired) electrons. The fourth-order valence-electron chi connectivity index (χ4n) is 2.89. The molecule has 140 valence electrons. The maximum absolute atomic E-state index is 12.3. The maximum Gasteiger partial charge on any atom is 0.240 e. The van der Waals surface area contributed by atoms with Crippen molar-refractivity contribution in [2.75, 3.05) is 26.2 Å². The highest BCUT2D eigenvalue weighted by Gasteiger charge is 2.28. The summed E-state index contributed by atoms with van der Waals surface area (Å²) in [7, 11) is -7.19. The molecule has 2 aliphatic rings. The molecular weight excluding hydrogens is 362 g/mol. The van der Waals surface area contributed by atoms with Crippen LogP contribution in [-0.4, -0.2) is 54.0 Å². The van der Waals surface area contributed by atoms with E-state index in [1.807, 2.05) is 0 Å². The van der Waals surface area contributed by atoms with E-state index in [-0.39, 0.29) is 15.8 Å². The Bertz CT molecular complexity index is 781. The molecule has 0 bridgehead atoms. The molecule has 7 nitrogen and oxygen atoms in total. The van der Waals surface area contributed by atoms with Gasteiger partial charge in [-0.15, -0.1) is 0 Å². The second kappa shape index (κ2) is 7.71. The monoisotopic (exact) mass is 387 g/mol. The third-order valence-electron chi connectivity index (χ3n) is 4.51. The van der Waals surface area contributed by atoms with E-state index in [0.717, 1.165) is 38.8 Å². The summed E-state index contributed by atoms with van der Waals surface area (Å²) >= 11 is 0. The number of nitrogens with one attached hydrogen (secondary N) is 2. The van der Waals surface area contributed by atoms with E-state index < -0.39 is 20.0 Å². The Labute approximate surface area is 149 Å². The molecule has 1 aromatic rings. The summed E-state index contributed by atoms with van der Waals surface area (Å²) in [5.74, 6) is 0. The molecule has 0 atom stereocenters. The lowest BCUT2D eigenvalue weighted by molar-refractivity contribution is 0.233. The number of benzene rings is 1. The maximum atomic E-state index is 12.3. The molecule has 2 fully saturated rings. The minimum atomic E-state index is -3.63. The highest BCUT2D eigenvalue weighted by atomic mass is 32.2. The van der Waals surface area contributed by atoms with Crippen LogP contribution in [-0.2, 0) is 20.0 Å². The van der Waals surface area contributed by atoms with Crippen LogP contribution in [0.1, 0.15) is 32.1 Å². The van der Waals surface area contributed by atoms with E-state index in [1.165, 1.54) is 30.7 Å². The third-order valence-corrected chi connectivity index (χ3v) is 7.53. The van der Waals surface area contributed by atoms with Crippen molar-refractivity contribution in [3.8, 4) is 0 Å². The smallest absolute Gasteiger partial charge is 0.240 e. The van der Waals surface area contributed by atoms with Gasteiger partial charge in [0.25, 0.3) is 0 Å². The zero-order valence-corrected chi connectivity index (χ0v) is 15.8. The van der Waals surface area contributed by atoms with Gasteiger partial charge in [0.1, 0.15) is 0 Å². The first-order valence-corrected chi connectivity index (χ1v) is 11.7. The molecule has 1 saturated carbocycles. The number of hydrogen-bond donors (Lipinski definition) is 2. The molecule has 1 aromatic carbocycles. The second-order valence-electron chi connectivity index (χ2n) is 6.67. The van der Waals surface area contributed by atoms with Crippen LogP contribution in [0.15, 0.2) is 34.1 Å². The van der Waals surface area contributed by atoms with E-state index in [0.29, 0.717) is 13.1 Å². The number of piperidine rings is 1. The Kier molecular flexibility index (Phi) is 5.79. The molecule has 9 heteroatoms. The standard InChI is InChI=1S/C16H25N3O4S2/c20-24(21,17-10-13-19-11-2-1-3-12-19)15-6-8-16(9-7-15)25(22,23)18-14-4-5-14/h6-9,14,17-18H,1-5,10-13H2. The Morgan fingerprint density at radius 2 is 1.44 bits per heavy atom. The van der Waals surface area contributed by atoms with Gasteiger partial charge in [-0.05, 0) is 63.0 Å². The van der Waals surface area contributed by atoms with E-state index in [4.69, 9.17) is 0 Å². The van der Waals surface area contributed by atoms with Gasteiger partial charge in [0.2, 0.25) is 20.0 Å². The number of sulfonamides is 2. The van der Waals surface area contributed by atoms with Gasteiger partial charge in [-0.2, -0.15) is 0 Å². The van der Waals surface area contributed by atoms with Gasteiger partial charge in [0.05, 0.1) is 9.79 Å². The molecule has 1 heterocycles. The van der Waals surface area contributed by atoms with Crippen LogP contribution in [0.3, 0.4) is 0 Å². The average Bonchev–Trinajstić information content (AvgIpc) is 3.39. The van der Waals surface area contributed by atoms with Gasteiger partial charge in [-0.25, -0.2) is 26.3 Å². The normalized spacial score (nSPS) is 19.8. The molecule has 2 N–H and O–H groups in total. The minimum Gasteiger partial charge on any atom is -0.302 e. The number of nitrogens with zero attached hydrogens (tertiary/aromatic N) is 1. The molecule has 0 unspecified atom stereocenters. The zero-order chi connectivity index (χ0) is 17.9. The van der Waals surface area contributed by atoms with Crippen molar-refractivity contribution in [3.05, 3.63) is 24.3 Å². The Hall–Kier alpha value is -1.00. The second-order valence-corrected chi connectivity index (χ2v) is 10.1. The minimum absolute atomic E-state index is 0.0184. The van der Waals surface area contributed by atoms with Gasteiger partial charge < -0.3 is 4.90 Å². The van der Waals surface area contributed by atoms with Crippen LogP contribution in [0.2, 0.25) is 0 Å². The summed E-state index contributed by atoms with van der Waals surface area (Å²) < 4.78 is 54.0. The molecule has 0 amide bonds. The molecule has 1 aliphatic heterocycles. The number of rotatable bonds is 8. The van der Waals surface area contributed by atoms with E-state index in [2.05, 4.69) is 14.3 Å². The fourth-order valence-corrected chi connectivity index (χ4v) is 5.22. The molecular formula is C16H25N3O4S2. The molecule has 1 saturated heterocycles. The third kappa shape index (κ3) is 5.24. The Balaban J connectivity index is 1.58. The summed E-state index contributed by atoms with van der Waals surface area (Å²) in [5, 5.41) is 0. The highest BCUT2D eigenvalue weighted by Crippen LogP contribution is 2.22. The van der Waals surface area contributed by atoms with Crippen LogP contribution >= 0.6 is 0 Å². The summed E-state index contributed by atoms with van der Waals surface area (Å²) in [6.07, 6.45) is 5.28. The lowest BCUT2D eigenvalue weighted by atomic mass is 10.1. The quantitative estimate of drug-likeness (QED) is 0.691. The summed E-state index contributed by atoms with van der Waals surface area (Å²) in [6.45, 7) is 3.08. The SMILES string of the molecule is O=S(=O)(NCCN1CCCCC1)c1ccc(S(=O)(=O)NC2CC2)cc1. The molecule has 1 aliphatic carbocycles. The Morgan fingerprint density at radius 1 is 0.880 bits per heavy atom. The first-order valence-electron chi connectivity index (χ1n) is 8.71. The molecule has 3 rings (SSSR count). The first-order chi connectivity index (χ1) is 11.9. The largest absolute Gasteiger partial charge is 0.302 e. The van der Waals surface area contributed by atoms with Crippen LogP contribution < -0.4 is 9.44 Å². The van der Waals surface area contributed by atoms with Crippen molar-refractivity contribution >= 4 is 20.0 Å². The highest BCUT2D eigenvalue weighted by molar-refractivity contribution is 7.90. The van der Waals surface area contributed by atoms with Crippen molar-refractivity contribution in [3.63, 3.8) is 0 Å². The average molecular weight is 388 g/mol. The number of hydrogen-bond acceptors (Lipinski definition) is 5. The predicted molar refractivity (Wildman–Crippen MR) is 95.3 cm³/mol. The summed E-state index contributed by atoms with van der Waals surface area (Å²) in [4.78, 5) is 2.42. The zero-order valence-electron chi connectivity index (χ0n) is 14.1. The van der Waals surface area contributed by atoms with Crippen molar-refractivity contribution in [2.24, 2.45) is 0 Å². The molecule has 0 spiro atoms. The first kappa shape index (κ1) is 18.8. The van der Waals surface area contributed by atoms with E-state index >= 15 is 0 Å². The fraction of sp³-hybridized carbons (Fsp3) is 0.625. The van der Waals surface area contributed by atoms with Gasteiger partial charge in [-0.1, -0.05) is 6.42 Å². The van der Waals surface area contributed by atoms with Crippen LogP contribution in [0, 0.1) is 0 Å². The van der Waals surface area contributed by atoms with E-state index in [1.54, 1.807) is 0 Å². The predicted octanol–water partition coefficient (Wildman–Crippen LogP) is 0.891. The molecule has 25 heavy (non-hydrogen) atoms. The lowest BCUT2D eigenvalue weighted by Gasteiger charge is -2.26. The van der Waals surface area contributed by atoms with Crippen molar-refractivity contribution in [1.29, 1.82) is 0 Å². The number of likely N-dealkylation sites (tertiary alicyclic amines) is 1. The topological polar surface area (TPSA) is 95.6 Å². The van der Waals surface area contributed by atoms with Crippen molar-refractivity contribution in [2.45, 2.75) is 47.9 Å². The van der Waals surface area contributed by atoms with Gasteiger partial charge in [0.15, 0.2) is 0 Å².